The number of rotatable bonds is 4. The maximum atomic E-state index is 13.6. The minimum absolute atomic E-state index is 0.109. The molecule has 2 aromatic carbocycles. The molecule has 0 aromatic heterocycles. The van der Waals surface area contributed by atoms with Crippen LogP contribution in [0.25, 0.3) is 0 Å². The Morgan fingerprint density at radius 1 is 1.24 bits per heavy atom. The zero-order chi connectivity index (χ0) is 15.4. The summed E-state index contributed by atoms with van der Waals surface area (Å²) in [4.78, 5) is 12.1. The second kappa shape index (κ2) is 6.59. The first-order chi connectivity index (χ1) is 10.0. The van der Waals surface area contributed by atoms with E-state index in [-0.39, 0.29) is 23.3 Å². The van der Waals surface area contributed by atoms with E-state index < -0.39 is 5.82 Å². The van der Waals surface area contributed by atoms with Gasteiger partial charge in [-0.3, -0.25) is 4.79 Å². The summed E-state index contributed by atoms with van der Waals surface area (Å²) in [6, 6.07) is 11.1. The SMILES string of the molecule is COc1ccc(C(=O)N[C@H](C)c2ccc(Cl)cc2)cc1F. The van der Waals surface area contributed by atoms with Gasteiger partial charge in [-0.1, -0.05) is 23.7 Å². The largest absolute Gasteiger partial charge is 0.494 e. The lowest BCUT2D eigenvalue weighted by molar-refractivity contribution is 0.0939. The molecule has 1 N–H and O–H groups in total. The Bertz CT molecular complexity index is 643. The highest BCUT2D eigenvalue weighted by atomic mass is 35.5. The summed E-state index contributed by atoms with van der Waals surface area (Å²) >= 11 is 5.82. The fourth-order valence-electron chi connectivity index (χ4n) is 1.92. The number of halogens is 2. The number of ether oxygens (including phenoxy) is 1. The summed E-state index contributed by atoms with van der Waals surface area (Å²) in [5.74, 6) is -0.805. The Morgan fingerprint density at radius 2 is 1.90 bits per heavy atom. The molecule has 0 heterocycles. The molecule has 0 aliphatic rings. The quantitative estimate of drug-likeness (QED) is 0.928. The predicted molar refractivity (Wildman–Crippen MR) is 80.3 cm³/mol. The summed E-state index contributed by atoms with van der Waals surface area (Å²) in [6.07, 6.45) is 0. The van der Waals surface area contributed by atoms with E-state index in [2.05, 4.69) is 5.32 Å². The highest BCUT2D eigenvalue weighted by Gasteiger charge is 2.13. The first kappa shape index (κ1) is 15.3. The van der Waals surface area contributed by atoms with Crippen molar-refractivity contribution in [3.8, 4) is 5.75 Å². The van der Waals surface area contributed by atoms with Gasteiger partial charge in [-0.05, 0) is 42.8 Å². The molecule has 0 saturated carbocycles. The first-order valence-corrected chi connectivity index (χ1v) is 6.79. The van der Waals surface area contributed by atoms with E-state index in [0.717, 1.165) is 11.6 Å². The van der Waals surface area contributed by atoms with Gasteiger partial charge >= 0.3 is 0 Å². The van der Waals surface area contributed by atoms with Crippen molar-refractivity contribution < 1.29 is 13.9 Å². The van der Waals surface area contributed by atoms with E-state index in [9.17, 15) is 9.18 Å². The number of nitrogens with one attached hydrogen (secondary N) is 1. The molecule has 5 heteroatoms. The fraction of sp³-hybridized carbons (Fsp3) is 0.188. The molecular weight excluding hydrogens is 293 g/mol. The van der Waals surface area contributed by atoms with Gasteiger partial charge in [0.15, 0.2) is 11.6 Å². The number of hydrogen-bond donors (Lipinski definition) is 1. The van der Waals surface area contributed by atoms with Crippen LogP contribution in [-0.2, 0) is 0 Å². The number of carbonyl (C=O) groups is 1. The van der Waals surface area contributed by atoms with Crippen molar-refractivity contribution in [2.24, 2.45) is 0 Å². The highest BCUT2D eigenvalue weighted by molar-refractivity contribution is 6.30. The maximum Gasteiger partial charge on any atom is 0.251 e. The number of carbonyl (C=O) groups excluding carboxylic acids is 1. The second-order valence-corrected chi connectivity index (χ2v) is 5.03. The molecule has 2 aromatic rings. The van der Waals surface area contributed by atoms with Crippen molar-refractivity contribution in [1.82, 2.24) is 5.32 Å². The van der Waals surface area contributed by atoms with E-state index in [1.165, 1.54) is 19.2 Å². The fourth-order valence-corrected chi connectivity index (χ4v) is 2.05. The van der Waals surface area contributed by atoms with Gasteiger partial charge in [-0.25, -0.2) is 4.39 Å². The van der Waals surface area contributed by atoms with Crippen molar-refractivity contribution in [2.75, 3.05) is 7.11 Å². The third kappa shape index (κ3) is 3.73. The standard InChI is InChI=1S/C16H15ClFNO2/c1-10(11-3-6-13(17)7-4-11)19-16(20)12-5-8-15(21-2)14(18)9-12/h3-10H,1-2H3,(H,19,20)/t10-/m1/s1. The van der Waals surface area contributed by atoms with Crippen molar-refractivity contribution in [3.05, 3.63) is 64.4 Å². The average Bonchev–Trinajstić information content (AvgIpc) is 2.47. The van der Waals surface area contributed by atoms with E-state index in [4.69, 9.17) is 16.3 Å². The summed E-state index contributed by atoms with van der Waals surface area (Å²) in [7, 11) is 1.38. The zero-order valence-corrected chi connectivity index (χ0v) is 12.4. The predicted octanol–water partition coefficient (Wildman–Crippen LogP) is 3.98. The maximum absolute atomic E-state index is 13.6. The lowest BCUT2D eigenvalue weighted by Crippen LogP contribution is -2.26. The Morgan fingerprint density at radius 3 is 2.48 bits per heavy atom. The van der Waals surface area contributed by atoms with Gasteiger partial charge in [0.05, 0.1) is 13.2 Å². The summed E-state index contributed by atoms with van der Waals surface area (Å²) < 4.78 is 18.4. The van der Waals surface area contributed by atoms with Crippen molar-refractivity contribution >= 4 is 17.5 Å². The average molecular weight is 308 g/mol. The topological polar surface area (TPSA) is 38.3 Å². The van der Waals surface area contributed by atoms with Crippen LogP contribution in [0, 0.1) is 5.82 Å². The van der Waals surface area contributed by atoms with Gasteiger partial charge in [0.1, 0.15) is 0 Å². The van der Waals surface area contributed by atoms with Crippen molar-refractivity contribution in [3.63, 3.8) is 0 Å². The van der Waals surface area contributed by atoms with E-state index in [1.54, 1.807) is 12.1 Å². The third-order valence-corrected chi connectivity index (χ3v) is 3.38. The Kier molecular flexibility index (Phi) is 4.81. The molecule has 0 radical (unpaired) electrons. The van der Waals surface area contributed by atoms with Crippen LogP contribution in [0.2, 0.25) is 5.02 Å². The minimum Gasteiger partial charge on any atom is -0.494 e. The second-order valence-electron chi connectivity index (χ2n) is 4.60. The van der Waals surface area contributed by atoms with Crippen LogP contribution in [0.4, 0.5) is 4.39 Å². The lowest BCUT2D eigenvalue weighted by Gasteiger charge is -2.14. The van der Waals surface area contributed by atoms with Crippen LogP contribution >= 0.6 is 11.6 Å². The number of hydrogen-bond acceptors (Lipinski definition) is 2. The van der Waals surface area contributed by atoms with E-state index in [0.29, 0.717) is 5.02 Å². The van der Waals surface area contributed by atoms with E-state index in [1.807, 2.05) is 19.1 Å². The first-order valence-electron chi connectivity index (χ1n) is 6.41. The van der Waals surface area contributed by atoms with Crippen LogP contribution in [0.3, 0.4) is 0 Å². The lowest BCUT2D eigenvalue weighted by atomic mass is 10.1. The summed E-state index contributed by atoms with van der Waals surface area (Å²) in [5.41, 5.74) is 1.16. The molecular formula is C16H15ClFNO2. The van der Waals surface area contributed by atoms with Gasteiger partial charge in [-0.2, -0.15) is 0 Å². The minimum atomic E-state index is -0.565. The molecule has 1 amide bonds. The number of benzene rings is 2. The molecule has 0 fully saturated rings. The van der Waals surface area contributed by atoms with Crippen LogP contribution < -0.4 is 10.1 Å². The molecule has 0 saturated heterocycles. The monoisotopic (exact) mass is 307 g/mol. The van der Waals surface area contributed by atoms with Crippen LogP contribution in [-0.4, -0.2) is 13.0 Å². The van der Waals surface area contributed by atoms with E-state index >= 15 is 0 Å². The Labute approximate surface area is 127 Å². The third-order valence-electron chi connectivity index (χ3n) is 3.13. The molecule has 21 heavy (non-hydrogen) atoms. The Balaban J connectivity index is 2.10. The molecule has 0 aliphatic heterocycles. The molecule has 1 atom stereocenters. The van der Waals surface area contributed by atoms with Crippen LogP contribution in [0.1, 0.15) is 28.9 Å². The normalized spacial score (nSPS) is 11.8. The van der Waals surface area contributed by atoms with Crippen molar-refractivity contribution in [2.45, 2.75) is 13.0 Å². The van der Waals surface area contributed by atoms with Gasteiger partial charge in [-0.15, -0.1) is 0 Å². The smallest absolute Gasteiger partial charge is 0.251 e. The van der Waals surface area contributed by atoms with Gasteiger partial charge in [0.2, 0.25) is 0 Å². The molecule has 0 unspecified atom stereocenters. The van der Waals surface area contributed by atoms with Crippen LogP contribution in [0.15, 0.2) is 42.5 Å². The van der Waals surface area contributed by atoms with Gasteiger partial charge in [0.25, 0.3) is 5.91 Å². The highest BCUT2D eigenvalue weighted by Crippen LogP contribution is 2.19. The number of amides is 1. The molecule has 2 rings (SSSR count). The van der Waals surface area contributed by atoms with Crippen LogP contribution in [0.5, 0.6) is 5.75 Å². The molecule has 0 aliphatic carbocycles. The van der Waals surface area contributed by atoms with Gasteiger partial charge < -0.3 is 10.1 Å². The summed E-state index contributed by atoms with van der Waals surface area (Å²) in [6.45, 7) is 1.85. The summed E-state index contributed by atoms with van der Waals surface area (Å²) in [5, 5.41) is 3.44. The molecule has 0 bridgehead atoms. The zero-order valence-electron chi connectivity index (χ0n) is 11.7. The molecule has 3 nitrogen and oxygen atoms in total. The molecule has 110 valence electrons. The number of methoxy groups -OCH3 is 1. The molecule has 0 spiro atoms. The van der Waals surface area contributed by atoms with Gasteiger partial charge in [0, 0.05) is 10.6 Å². The Hall–Kier alpha value is -2.07. The van der Waals surface area contributed by atoms with Crippen molar-refractivity contribution in [1.29, 1.82) is 0 Å².